The van der Waals surface area contributed by atoms with E-state index in [1.165, 1.54) is 98.1 Å². The van der Waals surface area contributed by atoms with Crippen molar-refractivity contribution in [2.45, 2.75) is 0 Å². The van der Waals surface area contributed by atoms with Crippen LogP contribution in [0.2, 0.25) is 0 Å². The number of para-hydroxylation sites is 4. The average Bonchev–Trinajstić information content (AvgIpc) is 3.93. The topological polar surface area (TPSA) is 14.8 Å². The van der Waals surface area contributed by atoms with E-state index in [2.05, 4.69) is 226 Å². The third-order valence-corrected chi connectivity index (χ3v) is 12.6. The van der Waals surface area contributed by atoms with Gasteiger partial charge in [0.2, 0.25) is 0 Å². The summed E-state index contributed by atoms with van der Waals surface area (Å²) < 4.78 is 7.36. The van der Waals surface area contributed by atoms with Crippen LogP contribution in [0.5, 0.6) is 0 Å². The quantitative estimate of drug-likeness (QED) is 0.170. The first kappa shape index (κ1) is 32.2. The van der Waals surface area contributed by atoms with E-state index in [-0.39, 0.29) is 0 Å². The van der Waals surface area contributed by atoms with Crippen molar-refractivity contribution in [3.63, 3.8) is 0 Å². The summed E-state index contributed by atoms with van der Waals surface area (Å²) in [6, 6.07) is 78.1. The summed E-state index contributed by atoms with van der Waals surface area (Å²) in [7, 11) is 0. The smallest absolute Gasteiger partial charge is 0.0625 e. The normalized spacial score (nSPS) is 12.1. The van der Waals surface area contributed by atoms with Gasteiger partial charge in [-0.2, -0.15) is 0 Å². The minimum Gasteiger partial charge on any atom is -0.309 e. The van der Waals surface area contributed by atoms with Crippen LogP contribution in [0, 0.1) is 0 Å². The van der Waals surface area contributed by atoms with Gasteiger partial charge in [0.1, 0.15) is 0 Å². The first-order valence-electron chi connectivity index (χ1n) is 20.4. The van der Waals surface area contributed by atoms with Crippen LogP contribution in [0.3, 0.4) is 0 Å². The third-order valence-electron chi connectivity index (χ3n) is 12.6. The molecule has 0 N–H and O–H groups in total. The molecule has 13 aromatic rings. The molecule has 0 radical (unpaired) electrons. The number of hydrogen-bond donors (Lipinski definition) is 0. The van der Waals surface area contributed by atoms with E-state index in [1.807, 2.05) is 0 Å². The summed E-state index contributed by atoms with van der Waals surface area (Å²) in [4.78, 5) is 0. The molecule has 0 aliphatic heterocycles. The van der Waals surface area contributed by atoms with E-state index in [0.29, 0.717) is 0 Å². The van der Waals surface area contributed by atoms with Gasteiger partial charge in [-0.25, -0.2) is 0 Å². The monoisotopic (exact) mass is 749 g/mol. The zero-order chi connectivity index (χ0) is 38.6. The van der Waals surface area contributed by atoms with Gasteiger partial charge in [0.25, 0.3) is 0 Å². The Labute approximate surface area is 339 Å². The molecular formula is C56H35N3. The highest BCUT2D eigenvalue weighted by Crippen LogP contribution is 2.45. The minimum atomic E-state index is 1.14. The van der Waals surface area contributed by atoms with Gasteiger partial charge in [-0.3, -0.25) is 0 Å². The number of nitrogens with zero attached hydrogens (tertiary/aromatic N) is 3. The van der Waals surface area contributed by atoms with Crippen LogP contribution in [0.1, 0.15) is 0 Å². The van der Waals surface area contributed by atoms with Crippen LogP contribution in [0.4, 0.5) is 0 Å². The van der Waals surface area contributed by atoms with Gasteiger partial charge in [0.15, 0.2) is 0 Å². The molecule has 0 saturated carbocycles. The van der Waals surface area contributed by atoms with Crippen LogP contribution < -0.4 is 0 Å². The average molecular weight is 750 g/mol. The number of hydrogen-bond acceptors (Lipinski definition) is 0. The molecule has 0 aliphatic rings. The molecule has 3 heteroatoms. The highest BCUT2D eigenvalue weighted by molar-refractivity contribution is 6.22. The first-order valence-corrected chi connectivity index (χ1v) is 20.4. The van der Waals surface area contributed by atoms with Crippen molar-refractivity contribution < 1.29 is 0 Å². The SMILES string of the molecule is c1ccc(-n2c3ccccc3c3ccc(-c4c5ccccc5cc5c6ccccc6n(-c6ccc7c(c6)c6ccccc6n7-c6ccc7ccccc7c6)c45)cc32)cc1. The van der Waals surface area contributed by atoms with E-state index in [4.69, 9.17) is 0 Å². The molecule has 0 amide bonds. The van der Waals surface area contributed by atoms with Crippen LogP contribution in [-0.4, -0.2) is 13.7 Å². The molecule has 0 spiro atoms. The van der Waals surface area contributed by atoms with Gasteiger partial charge in [0.05, 0.1) is 33.1 Å². The number of fused-ring (bicyclic) bond motifs is 11. The van der Waals surface area contributed by atoms with Crippen molar-refractivity contribution in [2.75, 3.05) is 0 Å². The molecular weight excluding hydrogens is 715 g/mol. The van der Waals surface area contributed by atoms with Gasteiger partial charge in [-0.15, -0.1) is 0 Å². The Morgan fingerprint density at radius 3 is 1.53 bits per heavy atom. The number of aromatic nitrogens is 3. The molecule has 0 unspecified atom stereocenters. The molecule has 13 rings (SSSR count). The van der Waals surface area contributed by atoms with E-state index in [1.54, 1.807) is 0 Å². The molecule has 59 heavy (non-hydrogen) atoms. The Kier molecular flexibility index (Phi) is 6.72. The second-order valence-corrected chi connectivity index (χ2v) is 15.7. The summed E-state index contributed by atoms with van der Waals surface area (Å²) >= 11 is 0. The first-order chi connectivity index (χ1) is 29.3. The zero-order valence-electron chi connectivity index (χ0n) is 32.0. The molecule has 0 atom stereocenters. The highest BCUT2D eigenvalue weighted by atomic mass is 15.0. The molecule has 10 aromatic carbocycles. The van der Waals surface area contributed by atoms with Crippen LogP contribution in [0.25, 0.3) is 115 Å². The minimum absolute atomic E-state index is 1.14. The molecule has 0 fully saturated rings. The summed E-state index contributed by atoms with van der Waals surface area (Å²) in [6.45, 7) is 0. The maximum Gasteiger partial charge on any atom is 0.0625 e. The second kappa shape index (κ2) is 12.3. The van der Waals surface area contributed by atoms with E-state index in [9.17, 15) is 0 Å². The molecule has 274 valence electrons. The van der Waals surface area contributed by atoms with Gasteiger partial charge < -0.3 is 13.7 Å². The zero-order valence-corrected chi connectivity index (χ0v) is 32.0. The molecule has 3 aromatic heterocycles. The largest absolute Gasteiger partial charge is 0.309 e. The third kappa shape index (κ3) is 4.64. The summed E-state index contributed by atoms with van der Waals surface area (Å²) in [5.41, 5.74) is 13.1. The van der Waals surface area contributed by atoms with Crippen molar-refractivity contribution in [1.29, 1.82) is 0 Å². The Balaban J connectivity index is 1.13. The van der Waals surface area contributed by atoms with Crippen LogP contribution >= 0.6 is 0 Å². The predicted octanol–water partition coefficient (Wildman–Crippen LogP) is 15.0. The molecule has 0 saturated heterocycles. The van der Waals surface area contributed by atoms with Gasteiger partial charge in [-0.05, 0) is 99.9 Å². The lowest BCUT2D eigenvalue weighted by Gasteiger charge is -2.16. The fourth-order valence-electron chi connectivity index (χ4n) is 10.0. The van der Waals surface area contributed by atoms with E-state index >= 15 is 0 Å². The number of benzene rings is 10. The maximum atomic E-state index is 2.52. The lowest BCUT2D eigenvalue weighted by molar-refractivity contribution is 1.17. The van der Waals surface area contributed by atoms with Crippen molar-refractivity contribution in [3.8, 4) is 28.2 Å². The van der Waals surface area contributed by atoms with Gasteiger partial charge >= 0.3 is 0 Å². The Hall–Kier alpha value is -7.88. The van der Waals surface area contributed by atoms with Crippen molar-refractivity contribution in [3.05, 3.63) is 212 Å². The summed E-state index contributed by atoms with van der Waals surface area (Å²) in [5, 5.41) is 12.4. The Bertz CT molecular complexity index is 3840. The van der Waals surface area contributed by atoms with Crippen molar-refractivity contribution in [2.24, 2.45) is 0 Å². The molecule has 0 bridgehead atoms. The van der Waals surface area contributed by atoms with Crippen LogP contribution in [-0.2, 0) is 0 Å². The van der Waals surface area contributed by atoms with Gasteiger partial charge in [-0.1, -0.05) is 140 Å². The second-order valence-electron chi connectivity index (χ2n) is 15.7. The molecule has 3 nitrogen and oxygen atoms in total. The molecule has 3 heterocycles. The lowest BCUT2D eigenvalue weighted by Crippen LogP contribution is -1.98. The fourth-order valence-corrected chi connectivity index (χ4v) is 10.0. The van der Waals surface area contributed by atoms with Gasteiger partial charge in [0, 0.05) is 54.9 Å². The van der Waals surface area contributed by atoms with E-state index in [0.717, 1.165) is 17.1 Å². The van der Waals surface area contributed by atoms with Crippen molar-refractivity contribution in [1.82, 2.24) is 13.7 Å². The number of rotatable bonds is 4. The van der Waals surface area contributed by atoms with Crippen LogP contribution in [0.15, 0.2) is 212 Å². The molecule has 0 aliphatic carbocycles. The summed E-state index contributed by atoms with van der Waals surface area (Å²) in [6.07, 6.45) is 0. The Morgan fingerprint density at radius 2 is 0.763 bits per heavy atom. The Morgan fingerprint density at radius 1 is 0.237 bits per heavy atom. The predicted molar refractivity (Wildman–Crippen MR) is 250 cm³/mol. The van der Waals surface area contributed by atoms with E-state index < -0.39 is 0 Å². The van der Waals surface area contributed by atoms with Crippen molar-refractivity contribution >= 4 is 87.0 Å². The maximum absolute atomic E-state index is 2.52. The lowest BCUT2D eigenvalue weighted by atomic mass is 9.94. The standard InChI is InChI=1S/C56H35N3/c1-2-17-40(18-3-1)57-50-23-11-8-20-44(50)47-30-27-39(34-54(47)57)55-43-19-7-6-16-38(43)33-49-46-22-10-13-25-52(46)59(56(49)55)42-29-31-53-48(35-42)45-21-9-12-24-51(45)58(53)41-28-26-36-14-4-5-15-37(36)32-41/h1-35H. The highest BCUT2D eigenvalue weighted by Gasteiger charge is 2.22. The fraction of sp³-hybridized carbons (Fsp3) is 0. The summed E-state index contributed by atoms with van der Waals surface area (Å²) in [5.74, 6) is 0.